The van der Waals surface area contributed by atoms with Crippen LogP contribution in [0.1, 0.15) is 23.7 Å². The number of piperazine rings is 1. The maximum atomic E-state index is 12.7. The van der Waals surface area contributed by atoms with Crippen molar-refractivity contribution in [1.29, 1.82) is 0 Å². The smallest absolute Gasteiger partial charge is 0.253 e. The van der Waals surface area contributed by atoms with Gasteiger partial charge in [0.1, 0.15) is 5.15 Å². The first-order valence-corrected chi connectivity index (χ1v) is 8.70. The highest BCUT2D eigenvalue weighted by atomic mass is 35.5. The third-order valence-corrected chi connectivity index (χ3v) is 4.91. The van der Waals surface area contributed by atoms with Crippen LogP contribution in [0, 0.1) is 0 Å². The van der Waals surface area contributed by atoms with Crippen molar-refractivity contribution in [3.63, 3.8) is 0 Å². The average Bonchev–Trinajstić information content (AvgIpc) is 2.62. The van der Waals surface area contributed by atoms with Gasteiger partial charge in [0.15, 0.2) is 0 Å². The molecule has 5 nitrogen and oxygen atoms in total. The van der Waals surface area contributed by atoms with Crippen LogP contribution < -0.4 is 0 Å². The molecule has 0 saturated carbocycles. The molecule has 1 unspecified atom stereocenters. The Hall–Kier alpha value is -1.69. The fourth-order valence-electron chi connectivity index (χ4n) is 3.21. The summed E-state index contributed by atoms with van der Waals surface area (Å²) in [4.78, 5) is 21.1. The highest BCUT2D eigenvalue weighted by Crippen LogP contribution is 2.19. The van der Waals surface area contributed by atoms with Gasteiger partial charge in [-0.15, -0.1) is 0 Å². The summed E-state index contributed by atoms with van der Waals surface area (Å²) in [6.07, 6.45) is 0.921. The summed E-state index contributed by atoms with van der Waals surface area (Å²) in [5.74, 6) is 0.0450. The molecule has 1 aromatic heterocycles. The van der Waals surface area contributed by atoms with Crippen LogP contribution in [0.2, 0.25) is 5.15 Å². The molecule has 3 rings (SSSR count). The van der Waals surface area contributed by atoms with E-state index in [0.29, 0.717) is 23.8 Å². The number of fused-ring (bicyclic) bond motifs is 1. The summed E-state index contributed by atoms with van der Waals surface area (Å²) >= 11 is 5.90. The maximum Gasteiger partial charge on any atom is 0.253 e. The molecule has 1 aromatic carbocycles. The van der Waals surface area contributed by atoms with E-state index in [-0.39, 0.29) is 18.6 Å². The van der Waals surface area contributed by atoms with Crippen LogP contribution in [0.15, 0.2) is 30.3 Å². The Bertz CT molecular complexity index is 725. The van der Waals surface area contributed by atoms with Crippen molar-refractivity contribution < 1.29 is 9.90 Å². The Balaban J connectivity index is 1.70. The van der Waals surface area contributed by atoms with Gasteiger partial charge in [0.2, 0.25) is 0 Å². The molecule has 0 spiro atoms. The third-order valence-electron chi connectivity index (χ3n) is 4.70. The van der Waals surface area contributed by atoms with Crippen molar-refractivity contribution >= 4 is 28.4 Å². The van der Waals surface area contributed by atoms with Crippen LogP contribution in [0.5, 0.6) is 0 Å². The van der Waals surface area contributed by atoms with Gasteiger partial charge in [-0.1, -0.05) is 18.5 Å². The van der Waals surface area contributed by atoms with E-state index in [1.165, 1.54) is 0 Å². The first-order valence-electron chi connectivity index (χ1n) is 8.33. The van der Waals surface area contributed by atoms with Gasteiger partial charge in [-0.25, -0.2) is 4.98 Å². The van der Waals surface area contributed by atoms with Gasteiger partial charge in [0.25, 0.3) is 5.91 Å². The molecule has 24 heavy (non-hydrogen) atoms. The summed E-state index contributed by atoms with van der Waals surface area (Å²) < 4.78 is 0. The molecular formula is C18H22ClN3O2. The fourth-order valence-corrected chi connectivity index (χ4v) is 3.36. The lowest BCUT2D eigenvalue weighted by molar-refractivity contribution is 0.0472. The number of hydrogen-bond donors (Lipinski definition) is 1. The number of benzene rings is 1. The van der Waals surface area contributed by atoms with Gasteiger partial charge >= 0.3 is 0 Å². The Morgan fingerprint density at radius 1 is 1.25 bits per heavy atom. The zero-order valence-electron chi connectivity index (χ0n) is 13.8. The maximum absolute atomic E-state index is 12.7. The average molecular weight is 348 g/mol. The lowest BCUT2D eigenvalue weighted by Crippen LogP contribution is -2.52. The normalized spacial score (nSPS) is 17.2. The van der Waals surface area contributed by atoms with Gasteiger partial charge < -0.3 is 10.0 Å². The lowest BCUT2D eigenvalue weighted by Gasteiger charge is -2.38. The molecule has 1 aliphatic rings. The number of aliphatic hydroxyl groups excluding tert-OH is 1. The fraction of sp³-hybridized carbons (Fsp3) is 0.444. The Morgan fingerprint density at radius 3 is 2.67 bits per heavy atom. The van der Waals surface area contributed by atoms with Crippen molar-refractivity contribution in [2.75, 3.05) is 32.8 Å². The van der Waals surface area contributed by atoms with E-state index in [1.54, 1.807) is 6.07 Å². The van der Waals surface area contributed by atoms with E-state index < -0.39 is 0 Å². The minimum atomic E-state index is 0.0450. The van der Waals surface area contributed by atoms with Crippen LogP contribution in [0.25, 0.3) is 10.9 Å². The molecule has 6 heteroatoms. The minimum absolute atomic E-state index is 0.0450. The predicted octanol–water partition coefficient (Wildman–Crippen LogP) is 2.42. The zero-order chi connectivity index (χ0) is 17.1. The molecular weight excluding hydrogens is 326 g/mol. The number of rotatable bonds is 4. The Morgan fingerprint density at radius 2 is 2.00 bits per heavy atom. The quantitative estimate of drug-likeness (QED) is 0.863. The summed E-state index contributed by atoms with van der Waals surface area (Å²) in [6, 6.07) is 9.32. The Kier molecular flexibility index (Phi) is 5.33. The van der Waals surface area contributed by atoms with Crippen molar-refractivity contribution in [2.45, 2.75) is 19.4 Å². The molecule has 1 amide bonds. The molecule has 2 aromatic rings. The SMILES string of the molecule is CCC(CO)N1CCN(C(=O)c2ccc3nc(Cl)ccc3c2)CC1. The molecule has 0 radical (unpaired) electrons. The van der Waals surface area contributed by atoms with E-state index in [0.717, 1.165) is 30.4 Å². The Labute approximate surface area is 146 Å². The van der Waals surface area contributed by atoms with Crippen molar-refractivity contribution in [3.8, 4) is 0 Å². The molecule has 128 valence electrons. The second-order valence-corrected chi connectivity index (χ2v) is 6.50. The number of carbonyl (C=O) groups excluding carboxylic acids is 1. The van der Waals surface area contributed by atoms with Crippen molar-refractivity contribution in [1.82, 2.24) is 14.8 Å². The third kappa shape index (κ3) is 3.53. The van der Waals surface area contributed by atoms with Gasteiger partial charge in [-0.2, -0.15) is 0 Å². The van der Waals surface area contributed by atoms with Crippen LogP contribution in [-0.4, -0.2) is 64.6 Å². The number of pyridine rings is 1. The molecule has 0 bridgehead atoms. The number of amides is 1. The number of nitrogens with zero attached hydrogens (tertiary/aromatic N) is 3. The van der Waals surface area contributed by atoms with Crippen LogP contribution in [0.4, 0.5) is 0 Å². The van der Waals surface area contributed by atoms with Crippen molar-refractivity contribution in [3.05, 3.63) is 41.0 Å². The number of hydrogen-bond acceptors (Lipinski definition) is 4. The summed E-state index contributed by atoms with van der Waals surface area (Å²) in [5.41, 5.74) is 1.46. The molecule has 1 fully saturated rings. The van der Waals surface area contributed by atoms with Gasteiger partial charge in [-0.05, 0) is 36.8 Å². The van der Waals surface area contributed by atoms with Crippen LogP contribution >= 0.6 is 11.6 Å². The monoisotopic (exact) mass is 347 g/mol. The van der Waals surface area contributed by atoms with E-state index in [9.17, 15) is 9.90 Å². The minimum Gasteiger partial charge on any atom is -0.395 e. The lowest BCUT2D eigenvalue weighted by atomic mass is 10.1. The number of aliphatic hydroxyl groups is 1. The highest BCUT2D eigenvalue weighted by molar-refractivity contribution is 6.29. The van der Waals surface area contributed by atoms with Crippen molar-refractivity contribution in [2.24, 2.45) is 0 Å². The molecule has 2 heterocycles. The van der Waals surface area contributed by atoms with Crippen LogP contribution in [0.3, 0.4) is 0 Å². The van der Waals surface area contributed by atoms with Gasteiger partial charge in [-0.3, -0.25) is 9.69 Å². The summed E-state index contributed by atoms with van der Waals surface area (Å²) in [7, 11) is 0. The molecule has 1 aliphatic heterocycles. The predicted molar refractivity (Wildman–Crippen MR) is 95.4 cm³/mol. The first-order chi connectivity index (χ1) is 11.6. The van der Waals surface area contributed by atoms with E-state index in [4.69, 9.17) is 11.6 Å². The zero-order valence-corrected chi connectivity index (χ0v) is 14.5. The van der Waals surface area contributed by atoms with Crippen LogP contribution in [-0.2, 0) is 0 Å². The summed E-state index contributed by atoms with van der Waals surface area (Å²) in [6.45, 7) is 5.22. The highest BCUT2D eigenvalue weighted by Gasteiger charge is 2.25. The second-order valence-electron chi connectivity index (χ2n) is 6.11. The molecule has 1 N–H and O–H groups in total. The van der Waals surface area contributed by atoms with Gasteiger partial charge in [0.05, 0.1) is 12.1 Å². The molecule has 1 atom stereocenters. The van der Waals surface area contributed by atoms with E-state index in [2.05, 4.69) is 16.8 Å². The molecule has 0 aliphatic carbocycles. The second kappa shape index (κ2) is 7.47. The van der Waals surface area contributed by atoms with E-state index in [1.807, 2.05) is 29.2 Å². The van der Waals surface area contributed by atoms with E-state index >= 15 is 0 Å². The standard InChI is InChI=1S/C18H22ClN3O2/c1-2-15(12-23)21-7-9-22(10-8-21)18(24)14-3-5-16-13(11-14)4-6-17(19)20-16/h3-6,11,15,23H,2,7-10,12H2,1H3. The topological polar surface area (TPSA) is 56.7 Å². The molecule has 1 saturated heterocycles. The number of aromatic nitrogens is 1. The largest absolute Gasteiger partial charge is 0.395 e. The number of halogens is 1. The van der Waals surface area contributed by atoms with Gasteiger partial charge in [0, 0.05) is 43.2 Å². The summed E-state index contributed by atoms with van der Waals surface area (Å²) in [5, 5.41) is 10.8. The number of carbonyl (C=O) groups is 1. The first kappa shape index (κ1) is 17.1.